The number of anilines is 1. The molecule has 0 saturated heterocycles. The van der Waals surface area contributed by atoms with Crippen molar-refractivity contribution in [2.75, 3.05) is 23.7 Å². The molecule has 2 rings (SSSR count). The van der Waals surface area contributed by atoms with Crippen LogP contribution in [0.2, 0.25) is 5.02 Å². The van der Waals surface area contributed by atoms with Crippen molar-refractivity contribution in [3.8, 4) is 5.75 Å². The van der Waals surface area contributed by atoms with Crippen molar-refractivity contribution in [1.82, 2.24) is 10.2 Å². The van der Waals surface area contributed by atoms with E-state index in [1.807, 2.05) is 39.8 Å². The van der Waals surface area contributed by atoms with Gasteiger partial charge in [-0.25, -0.2) is 8.42 Å². The third kappa shape index (κ3) is 9.23. The van der Waals surface area contributed by atoms with Crippen LogP contribution in [0.5, 0.6) is 5.75 Å². The van der Waals surface area contributed by atoms with E-state index in [0.29, 0.717) is 29.5 Å². The Hall–Kier alpha value is -2.78. The van der Waals surface area contributed by atoms with Gasteiger partial charge < -0.3 is 15.0 Å². The monoisotopic (exact) mass is 551 g/mol. The van der Waals surface area contributed by atoms with Gasteiger partial charge in [0.25, 0.3) is 0 Å². The van der Waals surface area contributed by atoms with Crippen LogP contribution in [0.15, 0.2) is 48.5 Å². The lowest BCUT2D eigenvalue weighted by Gasteiger charge is -2.32. The molecule has 1 N–H and O–H groups in total. The zero-order valence-electron chi connectivity index (χ0n) is 22.2. The Labute approximate surface area is 226 Å². The lowest BCUT2D eigenvalue weighted by atomic mass is 10.1. The predicted molar refractivity (Wildman–Crippen MR) is 148 cm³/mol. The van der Waals surface area contributed by atoms with E-state index < -0.39 is 16.1 Å². The number of halogens is 1. The van der Waals surface area contributed by atoms with Crippen LogP contribution >= 0.6 is 11.6 Å². The van der Waals surface area contributed by atoms with Crippen LogP contribution in [-0.2, 0) is 26.2 Å². The molecular formula is C27H38ClN3O5S. The topological polar surface area (TPSA) is 96.0 Å². The Bertz CT molecular complexity index is 1140. The van der Waals surface area contributed by atoms with Crippen molar-refractivity contribution in [3.63, 3.8) is 0 Å². The maximum absolute atomic E-state index is 13.5. The molecule has 0 aromatic heterocycles. The summed E-state index contributed by atoms with van der Waals surface area (Å²) in [6.07, 6.45) is 1.91. The lowest BCUT2D eigenvalue weighted by molar-refractivity contribution is -0.141. The van der Waals surface area contributed by atoms with Crippen molar-refractivity contribution >= 4 is 39.1 Å². The van der Waals surface area contributed by atoms with Crippen molar-refractivity contribution < 1.29 is 22.7 Å². The Balaban J connectivity index is 2.21. The molecule has 0 aliphatic carbocycles. The van der Waals surface area contributed by atoms with Crippen LogP contribution in [0.3, 0.4) is 0 Å². The van der Waals surface area contributed by atoms with Crippen LogP contribution in [0, 0.1) is 0 Å². The van der Waals surface area contributed by atoms with E-state index >= 15 is 0 Å². The van der Waals surface area contributed by atoms with Gasteiger partial charge in [-0.2, -0.15) is 0 Å². The number of carbonyl (C=O) groups is 2. The standard InChI is InChI=1S/C27H38ClN3O5S/c1-6-25(27(33)29-20(3)4)30(19-21-11-8-9-12-24(21)28)26(32)13-10-18-31(37(5,34)35)22-14-16-23(17-15-22)36-7-2/h8-9,11-12,14-17,20,25H,6-7,10,13,18-19H2,1-5H3,(H,29,33)/t25-/m0/s1. The van der Waals surface area contributed by atoms with Gasteiger partial charge in [-0.05, 0) is 69.5 Å². The zero-order valence-corrected chi connectivity index (χ0v) is 23.8. The summed E-state index contributed by atoms with van der Waals surface area (Å²) in [7, 11) is -3.58. The van der Waals surface area contributed by atoms with Crippen molar-refractivity contribution in [2.45, 2.75) is 65.6 Å². The highest BCUT2D eigenvalue weighted by Crippen LogP contribution is 2.24. The third-order valence-electron chi connectivity index (χ3n) is 5.70. The summed E-state index contributed by atoms with van der Waals surface area (Å²) >= 11 is 6.36. The number of amides is 2. The molecule has 0 heterocycles. The lowest BCUT2D eigenvalue weighted by Crippen LogP contribution is -2.50. The first-order valence-electron chi connectivity index (χ1n) is 12.5. The summed E-state index contributed by atoms with van der Waals surface area (Å²) in [6.45, 7) is 8.27. The molecule has 0 unspecified atom stereocenters. The average molecular weight is 552 g/mol. The van der Waals surface area contributed by atoms with E-state index in [2.05, 4.69) is 5.32 Å². The number of nitrogens with one attached hydrogen (secondary N) is 1. The first-order chi connectivity index (χ1) is 17.5. The smallest absolute Gasteiger partial charge is 0.243 e. The largest absolute Gasteiger partial charge is 0.494 e. The summed E-state index contributed by atoms with van der Waals surface area (Å²) in [4.78, 5) is 27.9. The van der Waals surface area contributed by atoms with E-state index in [-0.39, 0.29) is 43.8 Å². The minimum absolute atomic E-state index is 0.0684. The molecule has 0 fully saturated rings. The van der Waals surface area contributed by atoms with Crippen LogP contribution in [0.25, 0.3) is 0 Å². The number of ether oxygens (including phenoxy) is 1. The molecule has 0 aliphatic heterocycles. The quantitative estimate of drug-likeness (QED) is 0.370. The Morgan fingerprint density at radius 1 is 1.05 bits per heavy atom. The average Bonchev–Trinajstić information content (AvgIpc) is 2.82. The molecule has 2 aromatic rings. The first kappa shape index (κ1) is 30.4. The molecule has 0 spiro atoms. The molecule has 37 heavy (non-hydrogen) atoms. The third-order valence-corrected chi connectivity index (χ3v) is 7.27. The maximum Gasteiger partial charge on any atom is 0.243 e. The fourth-order valence-electron chi connectivity index (χ4n) is 3.99. The second kappa shape index (κ2) is 14.2. The Kier molecular flexibility index (Phi) is 11.7. The highest BCUT2D eigenvalue weighted by Gasteiger charge is 2.29. The van der Waals surface area contributed by atoms with E-state index in [1.54, 1.807) is 41.3 Å². The molecule has 0 bridgehead atoms. The Morgan fingerprint density at radius 2 is 1.70 bits per heavy atom. The van der Waals surface area contributed by atoms with E-state index in [9.17, 15) is 18.0 Å². The van der Waals surface area contributed by atoms with Crippen LogP contribution in [0.4, 0.5) is 5.69 Å². The van der Waals surface area contributed by atoms with Crippen LogP contribution < -0.4 is 14.4 Å². The fourth-order valence-corrected chi connectivity index (χ4v) is 5.15. The maximum atomic E-state index is 13.5. The molecule has 0 saturated carbocycles. The summed E-state index contributed by atoms with van der Waals surface area (Å²) < 4.78 is 31.7. The predicted octanol–water partition coefficient (Wildman–Crippen LogP) is 4.62. The first-order valence-corrected chi connectivity index (χ1v) is 14.7. The number of sulfonamides is 1. The van der Waals surface area contributed by atoms with Crippen molar-refractivity contribution in [1.29, 1.82) is 0 Å². The summed E-state index contributed by atoms with van der Waals surface area (Å²) in [5, 5.41) is 3.41. The number of hydrogen-bond donors (Lipinski definition) is 1. The van der Waals surface area contributed by atoms with Gasteiger partial charge in [-0.3, -0.25) is 13.9 Å². The number of rotatable bonds is 14. The summed E-state index contributed by atoms with van der Waals surface area (Å²) in [5.74, 6) is 0.172. The van der Waals surface area contributed by atoms with E-state index in [4.69, 9.17) is 16.3 Å². The minimum Gasteiger partial charge on any atom is -0.494 e. The van der Waals surface area contributed by atoms with Gasteiger partial charge in [0.1, 0.15) is 11.8 Å². The van der Waals surface area contributed by atoms with Gasteiger partial charge >= 0.3 is 0 Å². The summed E-state index contributed by atoms with van der Waals surface area (Å²) in [5.41, 5.74) is 1.23. The molecule has 10 heteroatoms. The molecular weight excluding hydrogens is 514 g/mol. The van der Waals surface area contributed by atoms with Gasteiger partial charge in [0.05, 0.1) is 18.6 Å². The van der Waals surface area contributed by atoms with E-state index in [1.165, 1.54) is 4.31 Å². The number of nitrogens with zero attached hydrogens (tertiary/aromatic N) is 2. The number of carbonyl (C=O) groups excluding carboxylic acids is 2. The molecule has 204 valence electrons. The molecule has 2 amide bonds. The second-order valence-corrected chi connectivity index (χ2v) is 11.4. The van der Waals surface area contributed by atoms with E-state index in [0.717, 1.165) is 11.8 Å². The zero-order chi connectivity index (χ0) is 27.6. The van der Waals surface area contributed by atoms with Gasteiger partial charge in [0, 0.05) is 30.6 Å². The van der Waals surface area contributed by atoms with Gasteiger partial charge in [-0.1, -0.05) is 36.7 Å². The Morgan fingerprint density at radius 3 is 2.24 bits per heavy atom. The highest BCUT2D eigenvalue weighted by atomic mass is 35.5. The van der Waals surface area contributed by atoms with Crippen molar-refractivity contribution in [2.24, 2.45) is 0 Å². The van der Waals surface area contributed by atoms with Crippen LogP contribution in [0.1, 0.15) is 52.5 Å². The molecule has 1 atom stereocenters. The molecule has 2 aromatic carbocycles. The molecule has 8 nitrogen and oxygen atoms in total. The second-order valence-electron chi connectivity index (χ2n) is 9.07. The SMILES string of the molecule is CCOc1ccc(N(CCCC(=O)N(Cc2ccccc2Cl)[C@@H](CC)C(=O)NC(C)C)S(C)(=O)=O)cc1. The molecule has 0 aliphatic rings. The fraction of sp³-hybridized carbons (Fsp3) is 0.481. The van der Waals surface area contributed by atoms with Gasteiger partial charge in [-0.15, -0.1) is 0 Å². The number of hydrogen-bond acceptors (Lipinski definition) is 5. The normalized spacial score (nSPS) is 12.2. The van der Waals surface area contributed by atoms with Crippen LogP contribution in [-0.4, -0.2) is 56.6 Å². The van der Waals surface area contributed by atoms with Gasteiger partial charge in [0.15, 0.2) is 0 Å². The molecule has 0 radical (unpaired) electrons. The van der Waals surface area contributed by atoms with Gasteiger partial charge in [0.2, 0.25) is 21.8 Å². The highest BCUT2D eigenvalue weighted by molar-refractivity contribution is 7.92. The summed E-state index contributed by atoms with van der Waals surface area (Å²) in [6, 6.07) is 13.3. The number of benzene rings is 2. The van der Waals surface area contributed by atoms with Crippen molar-refractivity contribution in [3.05, 3.63) is 59.1 Å². The minimum atomic E-state index is -3.58.